The predicted octanol–water partition coefficient (Wildman–Crippen LogP) is 4.40. The van der Waals surface area contributed by atoms with Crippen LogP contribution in [-0.2, 0) is 4.74 Å². The van der Waals surface area contributed by atoms with Crippen LogP contribution < -0.4 is 0 Å². The molecule has 0 aliphatic heterocycles. The molecule has 0 heterocycles. The Hall–Kier alpha value is -1.31. The standard InChI is InChI=1S/C18H24O2/c1-17(2)14-9-10-18(17,3)15(11-14)12-5-7-13(8-6-12)16(19)20-4/h5-8,14-15H,9-11H2,1-4H3. The lowest BCUT2D eigenvalue weighted by Gasteiger charge is -2.39. The highest BCUT2D eigenvalue weighted by molar-refractivity contribution is 5.89. The minimum Gasteiger partial charge on any atom is -0.465 e. The number of methoxy groups -OCH3 is 1. The first-order chi connectivity index (χ1) is 9.40. The molecule has 2 nitrogen and oxygen atoms in total. The Morgan fingerprint density at radius 2 is 1.85 bits per heavy atom. The van der Waals surface area contributed by atoms with Gasteiger partial charge in [0, 0.05) is 0 Å². The van der Waals surface area contributed by atoms with E-state index in [0.29, 0.717) is 22.3 Å². The van der Waals surface area contributed by atoms with Crippen molar-refractivity contribution in [3.05, 3.63) is 35.4 Å². The summed E-state index contributed by atoms with van der Waals surface area (Å²) in [4.78, 5) is 11.5. The molecule has 2 aliphatic rings. The Labute approximate surface area is 121 Å². The second-order valence-electron chi connectivity index (χ2n) is 7.28. The smallest absolute Gasteiger partial charge is 0.337 e. The number of rotatable bonds is 2. The van der Waals surface area contributed by atoms with Crippen molar-refractivity contribution in [2.75, 3.05) is 7.11 Å². The van der Waals surface area contributed by atoms with Crippen LogP contribution in [0.1, 0.15) is 61.9 Å². The van der Waals surface area contributed by atoms with Gasteiger partial charge in [0.05, 0.1) is 12.7 Å². The third-order valence-corrected chi connectivity index (χ3v) is 6.53. The third-order valence-electron chi connectivity index (χ3n) is 6.53. The maximum atomic E-state index is 11.5. The molecule has 0 N–H and O–H groups in total. The summed E-state index contributed by atoms with van der Waals surface area (Å²) in [6.07, 6.45) is 4.00. The van der Waals surface area contributed by atoms with Gasteiger partial charge in [0.25, 0.3) is 0 Å². The fourth-order valence-electron chi connectivity index (χ4n) is 4.68. The molecule has 3 unspecified atom stereocenters. The predicted molar refractivity (Wildman–Crippen MR) is 79.8 cm³/mol. The number of carbonyl (C=O) groups is 1. The molecular formula is C18H24O2. The quantitative estimate of drug-likeness (QED) is 0.746. The lowest BCUT2D eigenvalue weighted by Crippen LogP contribution is -2.31. The Kier molecular flexibility index (Phi) is 2.97. The van der Waals surface area contributed by atoms with Gasteiger partial charge in [-0.3, -0.25) is 0 Å². The van der Waals surface area contributed by atoms with Crippen LogP contribution in [-0.4, -0.2) is 13.1 Å². The molecule has 3 atom stereocenters. The van der Waals surface area contributed by atoms with Crippen molar-refractivity contribution in [3.63, 3.8) is 0 Å². The summed E-state index contributed by atoms with van der Waals surface area (Å²) < 4.78 is 4.76. The minimum atomic E-state index is -0.254. The summed E-state index contributed by atoms with van der Waals surface area (Å²) >= 11 is 0. The van der Waals surface area contributed by atoms with E-state index in [-0.39, 0.29) is 5.97 Å². The Balaban J connectivity index is 1.90. The van der Waals surface area contributed by atoms with Crippen molar-refractivity contribution in [3.8, 4) is 0 Å². The third kappa shape index (κ3) is 1.66. The Morgan fingerprint density at radius 3 is 2.30 bits per heavy atom. The van der Waals surface area contributed by atoms with Crippen molar-refractivity contribution < 1.29 is 9.53 Å². The molecule has 0 aromatic heterocycles. The van der Waals surface area contributed by atoms with Crippen molar-refractivity contribution in [2.45, 2.75) is 46.0 Å². The van der Waals surface area contributed by atoms with E-state index in [1.807, 2.05) is 12.1 Å². The van der Waals surface area contributed by atoms with E-state index in [1.165, 1.54) is 31.9 Å². The molecule has 0 amide bonds. The first-order valence-corrected chi connectivity index (χ1v) is 7.58. The molecule has 0 saturated heterocycles. The van der Waals surface area contributed by atoms with Crippen LogP contribution in [0, 0.1) is 16.7 Å². The molecule has 2 fully saturated rings. The normalized spacial score (nSPS) is 34.2. The zero-order chi connectivity index (χ0) is 14.5. The molecule has 2 saturated carbocycles. The average molecular weight is 272 g/mol. The molecule has 3 rings (SSSR count). The van der Waals surface area contributed by atoms with Gasteiger partial charge in [0.1, 0.15) is 0 Å². The lowest BCUT2D eigenvalue weighted by atomic mass is 9.65. The lowest BCUT2D eigenvalue weighted by molar-refractivity contribution is 0.0600. The summed E-state index contributed by atoms with van der Waals surface area (Å²) in [5, 5.41) is 0. The van der Waals surface area contributed by atoms with Gasteiger partial charge in [-0.1, -0.05) is 32.9 Å². The number of esters is 1. The first-order valence-electron chi connectivity index (χ1n) is 7.58. The van der Waals surface area contributed by atoms with Gasteiger partial charge in [-0.2, -0.15) is 0 Å². The number of hydrogen-bond acceptors (Lipinski definition) is 2. The molecule has 1 aromatic carbocycles. The zero-order valence-electron chi connectivity index (χ0n) is 12.9. The van der Waals surface area contributed by atoms with Crippen molar-refractivity contribution in [2.24, 2.45) is 16.7 Å². The topological polar surface area (TPSA) is 26.3 Å². The highest BCUT2D eigenvalue weighted by Crippen LogP contribution is 2.70. The summed E-state index contributed by atoms with van der Waals surface area (Å²) in [5.74, 6) is 1.22. The minimum absolute atomic E-state index is 0.254. The maximum Gasteiger partial charge on any atom is 0.337 e. The van der Waals surface area contributed by atoms with E-state index in [2.05, 4.69) is 32.9 Å². The molecule has 2 aliphatic carbocycles. The van der Waals surface area contributed by atoms with Gasteiger partial charge in [-0.25, -0.2) is 4.79 Å². The molecule has 0 radical (unpaired) electrons. The number of hydrogen-bond donors (Lipinski definition) is 0. The SMILES string of the molecule is COC(=O)c1ccc(C2CC3CCC2(C)C3(C)C)cc1. The van der Waals surface area contributed by atoms with Crippen LogP contribution in [0.15, 0.2) is 24.3 Å². The maximum absolute atomic E-state index is 11.5. The van der Waals surface area contributed by atoms with Crippen LogP contribution >= 0.6 is 0 Å². The number of benzene rings is 1. The van der Waals surface area contributed by atoms with E-state index in [4.69, 9.17) is 4.74 Å². The summed E-state index contributed by atoms with van der Waals surface area (Å²) in [5.41, 5.74) is 2.85. The fraction of sp³-hybridized carbons (Fsp3) is 0.611. The van der Waals surface area contributed by atoms with E-state index in [0.717, 1.165) is 5.92 Å². The first kappa shape index (κ1) is 13.7. The van der Waals surface area contributed by atoms with Gasteiger partial charge in [-0.05, 0) is 59.6 Å². The summed E-state index contributed by atoms with van der Waals surface area (Å²) in [7, 11) is 1.43. The van der Waals surface area contributed by atoms with Gasteiger partial charge < -0.3 is 4.74 Å². The van der Waals surface area contributed by atoms with Crippen molar-refractivity contribution in [1.82, 2.24) is 0 Å². The molecule has 2 bridgehead atoms. The monoisotopic (exact) mass is 272 g/mol. The van der Waals surface area contributed by atoms with Crippen LogP contribution in [0.2, 0.25) is 0 Å². The van der Waals surface area contributed by atoms with Gasteiger partial charge in [-0.15, -0.1) is 0 Å². The fourth-order valence-corrected chi connectivity index (χ4v) is 4.68. The molecule has 1 aromatic rings. The molecule has 2 heteroatoms. The van der Waals surface area contributed by atoms with E-state index >= 15 is 0 Å². The highest BCUT2D eigenvalue weighted by atomic mass is 16.5. The second kappa shape index (κ2) is 4.34. The summed E-state index contributed by atoms with van der Waals surface area (Å²) in [6, 6.07) is 8.06. The zero-order valence-corrected chi connectivity index (χ0v) is 12.9. The van der Waals surface area contributed by atoms with Gasteiger partial charge in [0.2, 0.25) is 0 Å². The van der Waals surface area contributed by atoms with Gasteiger partial charge in [0.15, 0.2) is 0 Å². The van der Waals surface area contributed by atoms with Crippen LogP contribution in [0.5, 0.6) is 0 Å². The van der Waals surface area contributed by atoms with Crippen LogP contribution in [0.25, 0.3) is 0 Å². The number of carbonyl (C=O) groups excluding carboxylic acids is 1. The molecule has 108 valence electrons. The van der Waals surface area contributed by atoms with Crippen molar-refractivity contribution in [1.29, 1.82) is 0 Å². The number of fused-ring (bicyclic) bond motifs is 2. The summed E-state index contributed by atoms with van der Waals surface area (Å²) in [6.45, 7) is 7.33. The molecule has 20 heavy (non-hydrogen) atoms. The van der Waals surface area contributed by atoms with E-state index in [9.17, 15) is 4.79 Å². The van der Waals surface area contributed by atoms with E-state index < -0.39 is 0 Å². The molecular weight excluding hydrogens is 248 g/mol. The van der Waals surface area contributed by atoms with Gasteiger partial charge >= 0.3 is 5.97 Å². The van der Waals surface area contributed by atoms with Crippen LogP contribution in [0.3, 0.4) is 0 Å². The Morgan fingerprint density at radius 1 is 1.20 bits per heavy atom. The average Bonchev–Trinajstić information content (AvgIpc) is 2.79. The largest absolute Gasteiger partial charge is 0.465 e. The van der Waals surface area contributed by atoms with Crippen LogP contribution in [0.4, 0.5) is 0 Å². The molecule has 0 spiro atoms. The van der Waals surface area contributed by atoms with Crippen molar-refractivity contribution >= 4 is 5.97 Å². The van der Waals surface area contributed by atoms with E-state index in [1.54, 1.807) is 0 Å². The number of ether oxygens (including phenoxy) is 1. The second-order valence-corrected chi connectivity index (χ2v) is 7.28. The highest BCUT2D eigenvalue weighted by Gasteiger charge is 2.61. The Bertz CT molecular complexity index is 529.